The third-order valence-corrected chi connectivity index (χ3v) is 3.83. The van der Waals surface area contributed by atoms with Crippen molar-refractivity contribution >= 4 is 5.91 Å². The van der Waals surface area contributed by atoms with Crippen molar-refractivity contribution in [2.24, 2.45) is 0 Å². The van der Waals surface area contributed by atoms with Crippen LogP contribution in [0.4, 0.5) is 0 Å². The number of hydrogen-bond acceptors (Lipinski definition) is 6. The molecule has 118 valence electrons. The smallest absolute Gasteiger partial charge is 0.253 e. The van der Waals surface area contributed by atoms with E-state index in [1.54, 1.807) is 36.3 Å². The van der Waals surface area contributed by atoms with Crippen LogP contribution in [0.3, 0.4) is 0 Å². The topological polar surface area (TPSA) is 92.2 Å². The number of benzene rings is 1. The molecule has 7 nitrogen and oxygen atoms in total. The third kappa shape index (κ3) is 3.22. The molecule has 1 aromatic carbocycles. The molecule has 0 radical (unpaired) electrons. The molecular formula is C16H16N4O3. The summed E-state index contributed by atoms with van der Waals surface area (Å²) in [5.41, 5.74) is 1.01. The number of nitrogens with zero attached hydrogens (tertiary/aromatic N) is 4. The summed E-state index contributed by atoms with van der Waals surface area (Å²) in [5, 5.41) is 12.9. The highest BCUT2D eigenvalue weighted by atomic mass is 16.5. The van der Waals surface area contributed by atoms with Crippen molar-refractivity contribution in [1.29, 1.82) is 5.26 Å². The summed E-state index contributed by atoms with van der Waals surface area (Å²) in [6.07, 6.45) is 0.787. The van der Waals surface area contributed by atoms with Crippen molar-refractivity contribution in [3.8, 4) is 6.07 Å². The molecule has 7 heteroatoms. The maximum absolute atomic E-state index is 12.5. The van der Waals surface area contributed by atoms with Crippen LogP contribution in [0.2, 0.25) is 0 Å². The number of ether oxygens (including phenoxy) is 1. The van der Waals surface area contributed by atoms with Gasteiger partial charge in [0.1, 0.15) is 6.61 Å². The Balaban J connectivity index is 1.69. The minimum atomic E-state index is -0.0785. The quantitative estimate of drug-likeness (QED) is 0.853. The van der Waals surface area contributed by atoms with Gasteiger partial charge in [-0.15, -0.1) is 0 Å². The molecular weight excluding hydrogens is 296 g/mol. The van der Waals surface area contributed by atoms with Crippen molar-refractivity contribution in [3.05, 3.63) is 47.1 Å². The fourth-order valence-electron chi connectivity index (χ4n) is 2.68. The van der Waals surface area contributed by atoms with Crippen molar-refractivity contribution in [1.82, 2.24) is 15.0 Å². The molecule has 0 bridgehead atoms. The van der Waals surface area contributed by atoms with Crippen LogP contribution in [-0.2, 0) is 11.3 Å². The Morgan fingerprint density at radius 1 is 1.57 bits per heavy atom. The molecule has 23 heavy (non-hydrogen) atoms. The predicted octanol–water partition coefficient (Wildman–Crippen LogP) is 1.72. The van der Waals surface area contributed by atoms with E-state index in [1.807, 2.05) is 6.07 Å². The van der Waals surface area contributed by atoms with Gasteiger partial charge in [0, 0.05) is 31.7 Å². The van der Waals surface area contributed by atoms with E-state index < -0.39 is 0 Å². The number of aromatic nitrogens is 2. The first kappa shape index (κ1) is 15.2. The zero-order valence-corrected chi connectivity index (χ0v) is 12.7. The number of nitriles is 1. The summed E-state index contributed by atoms with van der Waals surface area (Å²) in [6.45, 7) is 1.46. The number of methoxy groups -OCH3 is 1. The van der Waals surface area contributed by atoms with Crippen LogP contribution in [-0.4, -0.2) is 41.1 Å². The Kier molecular flexibility index (Phi) is 4.35. The summed E-state index contributed by atoms with van der Waals surface area (Å²) >= 11 is 0. The molecule has 2 heterocycles. The van der Waals surface area contributed by atoms with Gasteiger partial charge in [-0.2, -0.15) is 10.2 Å². The predicted molar refractivity (Wildman–Crippen MR) is 79.4 cm³/mol. The van der Waals surface area contributed by atoms with E-state index in [1.165, 1.54) is 0 Å². The molecule has 0 N–H and O–H groups in total. The lowest BCUT2D eigenvalue weighted by Gasteiger charge is -2.16. The summed E-state index contributed by atoms with van der Waals surface area (Å²) in [6, 6.07) is 8.78. The molecule has 1 aromatic heterocycles. The van der Waals surface area contributed by atoms with Gasteiger partial charge in [0.05, 0.1) is 11.6 Å². The molecule has 1 atom stereocenters. The zero-order chi connectivity index (χ0) is 16.2. The number of rotatable bonds is 4. The lowest BCUT2D eigenvalue weighted by Crippen LogP contribution is -2.28. The van der Waals surface area contributed by atoms with Crippen LogP contribution in [0.25, 0.3) is 0 Å². The van der Waals surface area contributed by atoms with E-state index >= 15 is 0 Å². The van der Waals surface area contributed by atoms with Gasteiger partial charge >= 0.3 is 0 Å². The molecule has 1 unspecified atom stereocenters. The van der Waals surface area contributed by atoms with Crippen LogP contribution < -0.4 is 0 Å². The molecule has 1 aliphatic heterocycles. The highest BCUT2D eigenvalue weighted by Crippen LogP contribution is 2.26. The van der Waals surface area contributed by atoms with Crippen molar-refractivity contribution < 1.29 is 14.1 Å². The average Bonchev–Trinajstić information content (AvgIpc) is 3.23. The van der Waals surface area contributed by atoms with Gasteiger partial charge in [-0.05, 0) is 24.6 Å². The van der Waals surface area contributed by atoms with Gasteiger partial charge in [-0.1, -0.05) is 11.2 Å². The fraction of sp³-hybridized carbons (Fsp3) is 0.375. The van der Waals surface area contributed by atoms with Gasteiger partial charge in [0.15, 0.2) is 5.82 Å². The van der Waals surface area contributed by atoms with E-state index in [-0.39, 0.29) is 18.4 Å². The lowest BCUT2D eigenvalue weighted by atomic mass is 10.1. The summed E-state index contributed by atoms with van der Waals surface area (Å²) in [4.78, 5) is 18.6. The molecule has 1 aliphatic rings. The number of carbonyl (C=O) groups is 1. The van der Waals surface area contributed by atoms with E-state index in [9.17, 15) is 4.79 Å². The minimum absolute atomic E-state index is 0.0625. The Bertz CT molecular complexity index is 750. The highest BCUT2D eigenvalue weighted by molar-refractivity contribution is 5.94. The van der Waals surface area contributed by atoms with Crippen LogP contribution in [0.5, 0.6) is 0 Å². The number of likely N-dealkylation sites (tertiary alicyclic amines) is 1. The molecule has 1 saturated heterocycles. The number of carbonyl (C=O) groups excluding carboxylic acids is 1. The highest BCUT2D eigenvalue weighted by Gasteiger charge is 2.31. The monoisotopic (exact) mass is 312 g/mol. The second-order valence-corrected chi connectivity index (χ2v) is 5.41. The van der Waals surface area contributed by atoms with Crippen molar-refractivity contribution in [2.45, 2.75) is 18.9 Å². The normalized spacial score (nSPS) is 17.2. The van der Waals surface area contributed by atoms with Crippen LogP contribution >= 0.6 is 0 Å². The van der Waals surface area contributed by atoms with Crippen LogP contribution in [0.15, 0.2) is 28.8 Å². The van der Waals surface area contributed by atoms with Crippen LogP contribution in [0, 0.1) is 11.3 Å². The van der Waals surface area contributed by atoms with E-state index in [4.69, 9.17) is 14.5 Å². The van der Waals surface area contributed by atoms with Gasteiger partial charge in [0.2, 0.25) is 0 Å². The van der Waals surface area contributed by atoms with E-state index in [0.717, 1.165) is 6.42 Å². The lowest BCUT2D eigenvalue weighted by molar-refractivity contribution is 0.0790. The molecule has 0 spiro atoms. The standard InChI is InChI=1S/C16H16N4O3/c1-22-10-14-18-15(19-23-14)13-5-6-20(9-13)16(21)12-4-2-3-11(7-12)8-17/h2-4,7,13H,5-6,9-10H2,1H3. The van der Waals surface area contributed by atoms with Gasteiger partial charge in [-0.3, -0.25) is 4.79 Å². The first-order valence-corrected chi connectivity index (χ1v) is 7.32. The van der Waals surface area contributed by atoms with Crippen LogP contribution in [0.1, 0.15) is 40.0 Å². The Morgan fingerprint density at radius 3 is 3.22 bits per heavy atom. The Morgan fingerprint density at radius 2 is 2.43 bits per heavy atom. The second-order valence-electron chi connectivity index (χ2n) is 5.41. The van der Waals surface area contributed by atoms with Gasteiger partial charge in [-0.25, -0.2) is 0 Å². The molecule has 2 aromatic rings. The Hall–Kier alpha value is -2.72. The summed E-state index contributed by atoms with van der Waals surface area (Å²) < 4.78 is 10.1. The van der Waals surface area contributed by atoms with Gasteiger partial charge in [0.25, 0.3) is 11.8 Å². The van der Waals surface area contributed by atoms with Crippen molar-refractivity contribution in [3.63, 3.8) is 0 Å². The second kappa shape index (κ2) is 6.58. The minimum Gasteiger partial charge on any atom is -0.375 e. The maximum Gasteiger partial charge on any atom is 0.253 e. The molecule has 0 aliphatic carbocycles. The summed E-state index contributed by atoms with van der Waals surface area (Å²) in [7, 11) is 1.56. The average molecular weight is 312 g/mol. The molecule has 3 rings (SSSR count). The SMILES string of the molecule is COCc1nc(C2CCN(C(=O)c3cccc(C#N)c3)C2)no1. The number of hydrogen-bond donors (Lipinski definition) is 0. The largest absolute Gasteiger partial charge is 0.375 e. The van der Waals surface area contributed by atoms with E-state index in [0.29, 0.717) is 35.9 Å². The molecule has 1 amide bonds. The fourth-order valence-corrected chi connectivity index (χ4v) is 2.68. The zero-order valence-electron chi connectivity index (χ0n) is 12.7. The Labute approximate surface area is 133 Å². The van der Waals surface area contributed by atoms with E-state index in [2.05, 4.69) is 10.1 Å². The third-order valence-electron chi connectivity index (χ3n) is 3.83. The molecule has 0 saturated carbocycles. The number of amides is 1. The summed E-state index contributed by atoms with van der Waals surface area (Å²) in [5.74, 6) is 1.03. The first-order valence-electron chi connectivity index (χ1n) is 7.32. The molecule has 1 fully saturated rings. The van der Waals surface area contributed by atoms with Crippen molar-refractivity contribution in [2.75, 3.05) is 20.2 Å². The maximum atomic E-state index is 12.5. The van der Waals surface area contributed by atoms with Gasteiger partial charge < -0.3 is 14.2 Å². The first-order chi connectivity index (χ1) is 11.2.